The summed E-state index contributed by atoms with van der Waals surface area (Å²) < 4.78 is 5.09. The van der Waals surface area contributed by atoms with Gasteiger partial charge in [0.15, 0.2) is 12.4 Å². The van der Waals surface area contributed by atoms with Gasteiger partial charge in [-0.25, -0.2) is 0 Å². The van der Waals surface area contributed by atoms with Gasteiger partial charge in [-0.2, -0.15) is 0 Å². The molecule has 4 aliphatic rings. The molecule has 0 heterocycles. The molecule has 0 spiro atoms. The maximum Gasteiger partial charge on any atom is 0.306 e. The second-order valence-corrected chi connectivity index (χ2v) is 10.6. The van der Waals surface area contributed by atoms with Crippen LogP contribution in [-0.4, -0.2) is 40.8 Å². The third-order valence-electron chi connectivity index (χ3n) is 8.89. The molecule has 178 valence electrons. The Bertz CT molecular complexity index is 1010. The molecule has 2 fully saturated rings. The predicted molar refractivity (Wildman–Crippen MR) is 120 cm³/mol. The molecule has 0 saturated heterocycles. The van der Waals surface area contributed by atoms with Crippen molar-refractivity contribution in [3.8, 4) is 0 Å². The number of ether oxygens (including phenoxy) is 1. The van der Waals surface area contributed by atoms with Crippen LogP contribution in [-0.2, 0) is 23.9 Å². The normalized spacial score (nSPS) is 39.0. The smallest absolute Gasteiger partial charge is 0.306 e. The van der Waals surface area contributed by atoms with Gasteiger partial charge < -0.3 is 15.6 Å². The average Bonchev–Trinajstić information content (AvgIpc) is 2.98. The Balaban J connectivity index is 1.58. The highest BCUT2D eigenvalue weighted by molar-refractivity contribution is 6.01. The van der Waals surface area contributed by atoms with E-state index in [1.165, 1.54) is 5.57 Å². The first-order valence-electron chi connectivity index (χ1n) is 11.8. The van der Waals surface area contributed by atoms with Crippen molar-refractivity contribution in [2.75, 3.05) is 6.61 Å². The summed E-state index contributed by atoms with van der Waals surface area (Å²) in [6.07, 6.45) is 10.2. The summed E-state index contributed by atoms with van der Waals surface area (Å²) in [5.74, 6) is -1.72. The van der Waals surface area contributed by atoms with Crippen molar-refractivity contribution < 1.29 is 29.0 Å². The van der Waals surface area contributed by atoms with E-state index in [0.29, 0.717) is 12.8 Å². The summed E-state index contributed by atoms with van der Waals surface area (Å²) in [4.78, 5) is 47.9. The third kappa shape index (κ3) is 3.52. The zero-order valence-corrected chi connectivity index (χ0v) is 19.6. The number of hydrogen-bond donors (Lipinski definition) is 2. The highest BCUT2D eigenvalue weighted by Gasteiger charge is 2.67. The molecule has 2 saturated carbocycles. The van der Waals surface area contributed by atoms with Crippen molar-refractivity contribution >= 4 is 23.4 Å². The van der Waals surface area contributed by atoms with Gasteiger partial charge in [-0.1, -0.05) is 37.1 Å². The van der Waals surface area contributed by atoms with E-state index in [1.54, 1.807) is 12.2 Å². The molecular weight excluding hydrogens is 422 g/mol. The maximum absolute atomic E-state index is 13.3. The summed E-state index contributed by atoms with van der Waals surface area (Å²) in [6, 6.07) is 0. The van der Waals surface area contributed by atoms with Gasteiger partial charge in [-0.3, -0.25) is 19.2 Å². The van der Waals surface area contributed by atoms with Gasteiger partial charge in [0.2, 0.25) is 11.7 Å². The van der Waals surface area contributed by atoms with Crippen LogP contribution in [0, 0.1) is 28.6 Å². The van der Waals surface area contributed by atoms with Crippen molar-refractivity contribution in [2.24, 2.45) is 34.3 Å². The minimum atomic E-state index is -1.61. The molecule has 0 aromatic rings. The molecule has 33 heavy (non-hydrogen) atoms. The third-order valence-corrected chi connectivity index (χ3v) is 8.89. The highest BCUT2D eigenvalue weighted by Crippen LogP contribution is 2.66. The number of esters is 1. The molecule has 0 aliphatic heterocycles. The van der Waals surface area contributed by atoms with Gasteiger partial charge in [-0.15, -0.1) is 0 Å². The van der Waals surface area contributed by atoms with E-state index in [1.807, 2.05) is 19.9 Å². The van der Waals surface area contributed by atoms with E-state index >= 15 is 0 Å². The van der Waals surface area contributed by atoms with Crippen LogP contribution in [0.25, 0.3) is 0 Å². The number of fused-ring (bicyclic) bond motifs is 5. The summed E-state index contributed by atoms with van der Waals surface area (Å²) in [7, 11) is 0. The molecule has 0 aromatic heterocycles. The van der Waals surface area contributed by atoms with Crippen LogP contribution in [0.5, 0.6) is 0 Å². The van der Waals surface area contributed by atoms with Gasteiger partial charge in [0.05, 0.1) is 6.42 Å². The van der Waals surface area contributed by atoms with Crippen LogP contribution in [0.2, 0.25) is 0 Å². The first-order chi connectivity index (χ1) is 15.4. The number of carbonyl (C=O) groups excluding carboxylic acids is 4. The number of rotatable bonds is 6. The lowest BCUT2D eigenvalue weighted by Crippen LogP contribution is -2.57. The SMILES string of the molecule is C[C@H]1CC2C3CCC4=CC(=O)C=C[C@]4(C)C3=CC[C@]2(C)[C@@]1(O)C(=O)COC(=O)CCC(N)=O. The molecule has 4 rings (SSSR count). The summed E-state index contributed by atoms with van der Waals surface area (Å²) in [5.41, 5.74) is 4.90. The van der Waals surface area contributed by atoms with Gasteiger partial charge in [0.25, 0.3) is 0 Å². The highest BCUT2D eigenvalue weighted by atomic mass is 16.5. The van der Waals surface area contributed by atoms with Gasteiger partial charge in [0.1, 0.15) is 5.60 Å². The van der Waals surface area contributed by atoms with Crippen molar-refractivity contribution in [2.45, 2.75) is 64.9 Å². The van der Waals surface area contributed by atoms with E-state index in [0.717, 1.165) is 18.4 Å². The first kappa shape index (κ1) is 23.6. The second-order valence-electron chi connectivity index (χ2n) is 10.6. The Morgan fingerprint density at radius 1 is 1.24 bits per heavy atom. The van der Waals surface area contributed by atoms with Crippen LogP contribution in [0.1, 0.15) is 59.3 Å². The number of aliphatic hydroxyl groups is 1. The zero-order chi connectivity index (χ0) is 24.2. The number of primary amides is 1. The summed E-state index contributed by atoms with van der Waals surface area (Å²) in [6.45, 7) is 5.52. The standard InChI is InChI=1S/C26H33NO6/c1-15-12-20-18-5-4-16-13-17(28)8-10-24(16,2)19(18)9-11-25(20,3)26(15,32)21(29)14-33-23(31)7-6-22(27)30/h8-10,13,15,18,20,32H,4-7,11-12,14H2,1-3H3,(H2,27,30)/t15-,18?,20?,24-,25-,26-/m0/s1. The molecule has 7 nitrogen and oxygen atoms in total. The number of hydrogen-bond acceptors (Lipinski definition) is 6. The lowest BCUT2D eigenvalue weighted by Gasteiger charge is -2.53. The topological polar surface area (TPSA) is 124 Å². The Morgan fingerprint density at radius 3 is 2.67 bits per heavy atom. The van der Waals surface area contributed by atoms with Gasteiger partial charge in [0, 0.05) is 17.3 Å². The molecule has 4 aliphatic carbocycles. The van der Waals surface area contributed by atoms with E-state index in [2.05, 4.69) is 13.0 Å². The molecule has 2 unspecified atom stereocenters. The van der Waals surface area contributed by atoms with Crippen LogP contribution >= 0.6 is 0 Å². The fraction of sp³-hybridized carbons (Fsp3) is 0.615. The Kier molecular flexibility index (Phi) is 5.76. The van der Waals surface area contributed by atoms with Crippen LogP contribution in [0.15, 0.2) is 35.5 Å². The molecule has 3 N–H and O–H groups in total. The molecule has 7 heteroatoms. The Morgan fingerprint density at radius 2 is 1.97 bits per heavy atom. The van der Waals surface area contributed by atoms with E-state index in [4.69, 9.17) is 10.5 Å². The quantitative estimate of drug-likeness (QED) is 0.469. The van der Waals surface area contributed by atoms with E-state index in [9.17, 15) is 24.3 Å². The molecule has 0 radical (unpaired) electrons. The number of amides is 1. The molecule has 0 aromatic carbocycles. The van der Waals surface area contributed by atoms with E-state index < -0.39 is 35.3 Å². The Hall–Kier alpha value is -2.54. The van der Waals surface area contributed by atoms with Crippen molar-refractivity contribution in [3.63, 3.8) is 0 Å². The fourth-order valence-electron chi connectivity index (χ4n) is 7.01. The number of allylic oxidation sites excluding steroid dienone is 6. The molecule has 0 bridgehead atoms. The lowest BCUT2D eigenvalue weighted by molar-refractivity contribution is -0.168. The van der Waals surface area contributed by atoms with E-state index in [-0.39, 0.29) is 41.8 Å². The fourth-order valence-corrected chi connectivity index (χ4v) is 7.01. The molecule has 6 atom stereocenters. The number of ketones is 2. The molecular formula is C26H33NO6. The minimum Gasteiger partial charge on any atom is -0.458 e. The summed E-state index contributed by atoms with van der Waals surface area (Å²) >= 11 is 0. The van der Waals surface area contributed by atoms with Crippen LogP contribution < -0.4 is 5.73 Å². The zero-order valence-electron chi connectivity index (χ0n) is 19.6. The van der Waals surface area contributed by atoms with Gasteiger partial charge >= 0.3 is 5.97 Å². The van der Waals surface area contributed by atoms with Crippen molar-refractivity contribution in [1.82, 2.24) is 0 Å². The first-order valence-corrected chi connectivity index (χ1v) is 11.8. The number of Topliss-reactive ketones (excluding diaryl/α,β-unsaturated/α-hetero) is 1. The van der Waals surface area contributed by atoms with Crippen LogP contribution in [0.4, 0.5) is 0 Å². The van der Waals surface area contributed by atoms with Crippen molar-refractivity contribution in [1.29, 1.82) is 0 Å². The summed E-state index contributed by atoms with van der Waals surface area (Å²) in [5, 5.41) is 11.8. The monoisotopic (exact) mass is 455 g/mol. The second kappa shape index (κ2) is 8.05. The predicted octanol–water partition coefficient (Wildman–Crippen LogP) is 2.57. The van der Waals surface area contributed by atoms with Crippen molar-refractivity contribution in [3.05, 3.63) is 35.5 Å². The lowest BCUT2D eigenvalue weighted by atomic mass is 9.51. The van der Waals surface area contributed by atoms with Gasteiger partial charge in [-0.05, 0) is 62.5 Å². The largest absolute Gasteiger partial charge is 0.458 e. The number of nitrogens with two attached hydrogens (primary N) is 1. The maximum atomic E-state index is 13.3. The average molecular weight is 456 g/mol. The number of carbonyl (C=O) groups is 4. The minimum absolute atomic E-state index is 0.0296. The molecule has 1 amide bonds. The van der Waals surface area contributed by atoms with Crippen LogP contribution in [0.3, 0.4) is 0 Å². The Labute approximate surface area is 194 Å².